The first-order valence-electron chi connectivity index (χ1n) is 13.2. The monoisotopic (exact) mass is 613 g/mol. The Hall–Kier alpha value is -3.43. The number of benzene rings is 1. The Kier molecular flexibility index (Phi) is 13.2. The molecule has 1 aromatic heterocycles. The van der Waals surface area contributed by atoms with Crippen LogP contribution in [0.1, 0.15) is 66.5 Å². The molecular formula is C29H39ClF3N5O4. The Bertz CT molecular complexity index is 1270. The minimum atomic E-state index is -4.86. The molecule has 1 fully saturated rings. The standard InChI is InChI=1S/C15H29NO2.C12H8ClN3O.C2H2F3NO/c1-11-9-16(10-15(11,6)7)13(17)8-12(2)18-14(3,4)5;13-10-3-1-2-8-5-15-6-9(12(8)10)11(4-14)16-7-17;3-2(4,5)1(6)7/h11-12H,8-10H2,1-7H3;1-3,5-7,11H,(H,16,17);(H2,6,7)/t11-,12+;;/m0../s1. The Morgan fingerprint density at radius 2 is 1.90 bits per heavy atom. The zero-order valence-corrected chi connectivity index (χ0v) is 25.6. The molecule has 0 radical (unpaired) electrons. The number of halogens is 4. The van der Waals surface area contributed by atoms with Crippen molar-refractivity contribution in [1.29, 1.82) is 5.26 Å². The van der Waals surface area contributed by atoms with E-state index in [1.807, 2.05) is 50.8 Å². The number of nitrogens with one attached hydrogen (secondary N) is 1. The highest BCUT2D eigenvalue weighted by molar-refractivity contribution is 6.35. The third-order valence-corrected chi connectivity index (χ3v) is 6.83. The molecule has 232 valence electrons. The van der Waals surface area contributed by atoms with Crippen LogP contribution in [-0.2, 0) is 19.1 Å². The number of fused-ring (bicyclic) bond motifs is 1. The number of nitrogens with zero attached hydrogens (tertiary/aromatic N) is 3. The van der Waals surface area contributed by atoms with E-state index in [-0.39, 0.29) is 23.0 Å². The van der Waals surface area contributed by atoms with Crippen LogP contribution in [0.5, 0.6) is 0 Å². The molecule has 2 heterocycles. The van der Waals surface area contributed by atoms with Gasteiger partial charge in [-0.1, -0.05) is 44.5 Å². The van der Waals surface area contributed by atoms with Gasteiger partial charge in [-0.3, -0.25) is 19.4 Å². The number of carbonyl (C=O) groups is 3. The van der Waals surface area contributed by atoms with Crippen molar-refractivity contribution in [3.8, 4) is 6.07 Å². The number of nitrogens with two attached hydrogens (primary N) is 1. The first-order valence-corrected chi connectivity index (χ1v) is 13.5. The molecule has 1 aromatic carbocycles. The van der Waals surface area contributed by atoms with Crippen molar-refractivity contribution in [2.75, 3.05) is 13.1 Å². The molecule has 0 bridgehead atoms. The smallest absolute Gasteiger partial charge is 0.372 e. The maximum absolute atomic E-state index is 12.2. The molecule has 1 unspecified atom stereocenters. The van der Waals surface area contributed by atoms with E-state index >= 15 is 0 Å². The van der Waals surface area contributed by atoms with Gasteiger partial charge >= 0.3 is 12.1 Å². The van der Waals surface area contributed by atoms with Crippen LogP contribution in [0.4, 0.5) is 13.2 Å². The summed E-state index contributed by atoms with van der Waals surface area (Å²) in [5.74, 6) is -1.46. The number of amides is 3. The highest BCUT2D eigenvalue weighted by Gasteiger charge is 2.38. The van der Waals surface area contributed by atoms with Crippen LogP contribution in [0, 0.1) is 22.7 Å². The predicted octanol–water partition coefficient (Wildman–Crippen LogP) is 5.32. The van der Waals surface area contributed by atoms with Crippen molar-refractivity contribution in [3.63, 3.8) is 0 Å². The fraction of sp³-hybridized carbons (Fsp3) is 0.552. The van der Waals surface area contributed by atoms with Crippen LogP contribution in [0.25, 0.3) is 10.8 Å². The van der Waals surface area contributed by atoms with Gasteiger partial charge in [0.05, 0.1) is 24.2 Å². The average Bonchev–Trinajstić information content (AvgIpc) is 3.13. The quantitative estimate of drug-likeness (QED) is 0.423. The van der Waals surface area contributed by atoms with Gasteiger partial charge in [0.1, 0.15) is 6.04 Å². The highest BCUT2D eigenvalue weighted by atomic mass is 35.5. The van der Waals surface area contributed by atoms with E-state index in [9.17, 15) is 22.8 Å². The number of rotatable bonds is 6. The number of nitriles is 1. The van der Waals surface area contributed by atoms with Gasteiger partial charge in [0, 0.05) is 46.8 Å². The summed E-state index contributed by atoms with van der Waals surface area (Å²) in [4.78, 5) is 37.8. The van der Waals surface area contributed by atoms with Crippen molar-refractivity contribution >= 4 is 40.6 Å². The first-order chi connectivity index (χ1) is 19.2. The predicted molar refractivity (Wildman–Crippen MR) is 154 cm³/mol. The number of likely N-dealkylation sites (tertiary alicyclic amines) is 1. The van der Waals surface area contributed by atoms with Gasteiger partial charge in [-0.05, 0) is 45.1 Å². The molecule has 9 nitrogen and oxygen atoms in total. The molecule has 2 aromatic rings. The van der Waals surface area contributed by atoms with Gasteiger partial charge in [-0.2, -0.15) is 18.4 Å². The minimum absolute atomic E-state index is 0.0171. The second-order valence-corrected chi connectivity index (χ2v) is 12.1. The van der Waals surface area contributed by atoms with Gasteiger partial charge in [-0.25, -0.2) is 0 Å². The first kappa shape index (κ1) is 36.6. The molecule has 3 amide bonds. The van der Waals surface area contributed by atoms with Gasteiger partial charge in [0.25, 0.3) is 0 Å². The SMILES string of the molecule is C[C@H](CC(=O)N1C[C@H](C)C(C)(C)C1)OC(C)(C)C.N#CC(NC=O)c1cncc2cccc(Cl)c12.NC(=O)C(F)(F)F. The highest BCUT2D eigenvalue weighted by Crippen LogP contribution is 2.35. The zero-order valence-electron chi connectivity index (χ0n) is 24.9. The molecular weight excluding hydrogens is 575 g/mol. The van der Waals surface area contributed by atoms with E-state index < -0.39 is 18.1 Å². The molecule has 0 spiro atoms. The van der Waals surface area contributed by atoms with Crippen LogP contribution < -0.4 is 11.1 Å². The Morgan fingerprint density at radius 3 is 2.36 bits per heavy atom. The maximum Gasteiger partial charge on any atom is 0.470 e. The molecule has 3 N–H and O–H groups in total. The second kappa shape index (κ2) is 15.2. The number of primary amides is 1. The van der Waals surface area contributed by atoms with Crippen molar-refractivity contribution in [2.24, 2.45) is 17.1 Å². The average molecular weight is 614 g/mol. The summed E-state index contributed by atoms with van der Waals surface area (Å²) in [6.45, 7) is 16.5. The molecule has 3 atom stereocenters. The van der Waals surface area contributed by atoms with E-state index in [4.69, 9.17) is 26.4 Å². The van der Waals surface area contributed by atoms with Crippen molar-refractivity contribution < 1.29 is 32.3 Å². The Morgan fingerprint density at radius 1 is 1.31 bits per heavy atom. The molecule has 1 aliphatic heterocycles. The van der Waals surface area contributed by atoms with E-state index in [0.717, 1.165) is 23.9 Å². The van der Waals surface area contributed by atoms with Crippen LogP contribution >= 0.6 is 11.6 Å². The normalized spacial score (nSPS) is 17.5. The fourth-order valence-electron chi connectivity index (χ4n) is 4.20. The molecule has 0 aliphatic carbocycles. The number of pyridine rings is 1. The summed E-state index contributed by atoms with van der Waals surface area (Å²) in [5, 5.41) is 13.6. The van der Waals surface area contributed by atoms with E-state index in [1.165, 1.54) is 0 Å². The van der Waals surface area contributed by atoms with Crippen molar-refractivity contribution in [2.45, 2.75) is 78.8 Å². The van der Waals surface area contributed by atoms with Gasteiger partial charge in [0.15, 0.2) is 0 Å². The molecule has 42 heavy (non-hydrogen) atoms. The molecule has 1 saturated heterocycles. The summed E-state index contributed by atoms with van der Waals surface area (Å²) in [7, 11) is 0. The lowest BCUT2D eigenvalue weighted by atomic mass is 9.84. The summed E-state index contributed by atoms with van der Waals surface area (Å²) in [6.07, 6.45) is -0.695. The van der Waals surface area contributed by atoms with E-state index in [0.29, 0.717) is 29.3 Å². The third-order valence-electron chi connectivity index (χ3n) is 6.51. The third kappa shape index (κ3) is 11.4. The summed E-state index contributed by atoms with van der Waals surface area (Å²) < 4.78 is 37.9. The molecule has 1 aliphatic rings. The minimum Gasteiger partial charge on any atom is -0.372 e. The summed E-state index contributed by atoms with van der Waals surface area (Å²) >= 11 is 6.11. The van der Waals surface area contributed by atoms with Crippen LogP contribution in [0.2, 0.25) is 5.02 Å². The van der Waals surface area contributed by atoms with Gasteiger partial charge < -0.3 is 20.7 Å². The van der Waals surface area contributed by atoms with Crippen LogP contribution in [0.15, 0.2) is 30.6 Å². The van der Waals surface area contributed by atoms with E-state index in [2.05, 4.69) is 36.8 Å². The Labute approximate surface area is 249 Å². The lowest BCUT2D eigenvalue weighted by Crippen LogP contribution is -2.35. The van der Waals surface area contributed by atoms with Crippen molar-refractivity contribution in [3.05, 3.63) is 41.2 Å². The molecule has 13 heteroatoms. The second-order valence-electron chi connectivity index (χ2n) is 11.7. The fourth-order valence-corrected chi connectivity index (χ4v) is 4.49. The number of hydrogen-bond acceptors (Lipinski definition) is 6. The van der Waals surface area contributed by atoms with Gasteiger partial charge in [0.2, 0.25) is 12.3 Å². The number of carbonyl (C=O) groups excluding carboxylic acids is 3. The molecule has 0 saturated carbocycles. The number of ether oxygens (including phenoxy) is 1. The summed E-state index contributed by atoms with van der Waals surface area (Å²) in [6, 6.07) is 6.65. The molecule has 3 rings (SSSR count). The van der Waals surface area contributed by atoms with Gasteiger partial charge in [-0.15, -0.1) is 0 Å². The van der Waals surface area contributed by atoms with Crippen LogP contribution in [-0.4, -0.2) is 59.1 Å². The maximum atomic E-state index is 12.2. The summed E-state index contributed by atoms with van der Waals surface area (Å²) in [5.41, 5.74) is 4.46. The van der Waals surface area contributed by atoms with Crippen molar-refractivity contribution in [1.82, 2.24) is 15.2 Å². The number of alkyl halides is 3. The van der Waals surface area contributed by atoms with Crippen LogP contribution in [0.3, 0.4) is 0 Å². The van der Waals surface area contributed by atoms with E-state index in [1.54, 1.807) is 18.5 Å². The zero-order chi connectivity index (χ0) is 32.5. The largest absolute Gasteiger partial charge is 0.470 e. The number of hydrogen-bond donors (Lipinski definition) is 2. The lowest BCUT2D eigenvalue weighted by Gasteiger charge is -2.26. The Balaban J connectivity index is 0.000000345. The topological polar surface area (TPSA) is 138 Å². The lowest BCUT2D eigenvalue weighted by molar-refractivity contribution is -0.169. The number of aromatic nitrogens is 1.